The van der Waals surface area contributed by atoms with Gasteiger partial charge >= 0.3 is 5.97 Å². The highest BCUT2D eigenvalue weighted by Crippen LogP contribution is 2.25. The number of carboxylic acids is 1. The van der Waals surface area contributed by atoms with Crippen molar-refractivity contribution in [2.24, 2.45) is 0 Å². The minimum absolute atomic E-state index is 0.0283. The second kappa shape index (κ2) is 10.5. The summed E-state index contributed by atoms with van der Waals surface area (Å²) in [7, 11) is 0. The van der Waals surface area contributed by atoms with Crippen molar-refractivity contribution in [2.45, 2.75) is 25.9 Å². The number of carboxylic acid groups (broad SMARTS) is 1. The van der Waals surface area contributed by atoms with E-state index in [1.807, 2.05) is 97.2 Å². The van der Waals surface area contributed by atoms with Crippen molar-refractivity contribution < 1.29 is 14.7 Å². The average molecular weight is 489 g/mol. The first-order valence-corrected chi connectivity index (χ1v) is 12.4. The van der Waals surface area contributed by atoms with Gasteiger partial charge in [-0.25, -0.2) is 4.79 Å². The number of carbonyl (C=O) groups excluding carboxylic acids is 1. The zero-order chi connectivity index (χ0) is 25.8. The fourth-order valence-electron chi connectivity index (χ4n) is 4.74. The van der Waals surface area contributed by atoms with E-state index in [1.165, 1.54) is 0 Å². The number of aromatic nitrogens is 1. The van der Waals surface area contributed by atoms with Gasteiger partial charge in [0.1, 0.15) is 0 Å². The van der Waals surface area contributed by atoms with Crippen LogP contribution in [0.4, 0.5) is 0 Å². The summed E-state index contributed by atoms with van der Waals surface area (Å²) in [6.45, 7) is 2.74. The van der Waals surface area contributed by atoms with Crippen LogP contribution in [0.25, 0.3) is 22.0 Å². The van der Waals surface area contributed by atoms with Crippen LogP contribution in [0.3, 0.4) is 0 Å². The highest BCUT2D eigenvalue weighted by Gasteiger charge is 2.15. The van der Waals surface area contributed by atoms with Crippen molar-refractivity contribution in [3.8, 4) is 11.1 Å². The molecule has 1 heterocycles. The van der Waals surface area contributed by atoms with Crippen LogP contribution in [0.1, 0.15) is 51.2 Å². The van der Waals surface area contributed by atoms with Crippen LogP contribution in [0, 0.1) is 0 Å². The number of carbonyl (C=O) groups is 2. The number of benzene rings is 4. The molecule has 2 N–H and O–H groups in total. The van der Waals surface area contributed by atoms with E-state index < -0.39 is 5.97 Å². The molecule has 1 atom stereocenters. The standard InChI is InChI=1S/C32H28N2O3/c1-2-29(24-8-4-3-5-9-24)33-31(35)26-16-17-30-25(20-26)18-19-34(30)21-22-12-14-23(15-13-22)27-10-6-7-11-28(27)32(36)37/h3-20,29H,2,21H2,1H3,(H,33,35)(H,36,37). The summed E-state index contributed by atoms with van der Waals surface area (Å²) >= 11 is 0. The SMILES string of the molecule is CCC(NC(=O)c1ccc2c(ccn2Cc2ccc(-c3ccccc3C(=O)O)cc2)c1)c1ccccc1. The fourth-order valence-corrected chi connectivity index (χ4v) is 4.74. The molecular formula is C32H28N2O3. The van der Waals surface area contributed by atoms with Gasteiger partial charge in [-0.15, -0.1) is 0 Å². The number of hydrogen-bond donors (Lipinski definition) is 2. The molecule has 0 bridgehead atoms. The molecule has 0 aliphatic rings. The van der Waals surface area contributed by atoms with Crippen molar-refractivity contribution in [1.82, 2.24) is 9.88 Å². The first kappa shape index (κ1) is 24.1. The number of nitrogens with one attached hydrogen (secondary N) is 1. The molecule has 1 aromatic heterocycles. The molecule has 1 amide bonds. The number of fused-ring (bicyclic) bond motifs is 1. The van der Waals surface area contributed by atoms with E-state index in [1.54, 1.807) is 12.1 Å². The Bertz CT molecular complexity index is 1550. The molecule has 5 heteroatoms. The molecule has 1 unspecified atom stereocenters. The topological polar surface area (TPSA) is 71.3 Å². The van der Waals surface area contributed by atoms with E-state index in [0.29, 0.717) is 23.2 Å². The van der Waals surface area contributed by atoms with Gasteiger partial charge in [0.15, 0.2) is 0 Å². The lowest BCUT2D eigenvalue weighted by molar-refractivity contribution is 0.0697. The summed E-state index contributed by atoms with van der Waals surface area (Å²) in [6.07, 6.45) is 2.84. The van der Waals surface area contributed by atoms with E-state index in [-0.39, 0.29) is 11.9 Å². The lowest BCUT2D eigenvalue weighted by Crippen LogP contribution is -2.28. The van der Waals surface area contributed by atoms with E-state index in [2.05, 4.69) is 16.8 Å². The largest absolute Gasteiger partial charge is 0.478 e. The lowest BCUT2D eigenvalue weighted by atomic mass is 9.99. The Hall–Kier alpha value is -4.64. The Kier molecular flexibility index (Phi) is 6.86. The summed E-state index contributed by atoms with van der Waals surface area (Å²) in [4.78, 5) is 24.6. The van der Waals surface area contributed by atoms with Gasteiger partial charge < -0.3 is 15.0 Å². The fraction of sp³-hybridized carbons (Fsp3) is 0.125. The van der Waals surface area contributed by atoms with Crippen LogP contribution in [-0.4, -0.2) is 21.6 Å². The van der Waals surface area contributed by atoms with Crippen LogP contribution in [0.2, 0.25) is 0 Å². The van der Waals surface area contributed by atoms with E-state index in [4.69, 9.17) is 0 Å². The summed E-state index contributed by atoms with van der Waals surface area (Å²) in [5.74, 6) is -1.01. The van der Waals surface area contributed by atoms with E-state index in [9.17, 15) is 14.7 Å². The first-order valence-electron chi connectivity index (χ1n) is 12.4. The Morgan fingerprint density at radius 1 is 0.865 bits per heavy atom. The maximum absolute atomic E-state index is 13.0. The molecule has 0 spiro atoms. The summed E-state index contributed by atoms with van der Waals surface area (Å²) in [6, 6.07) is 32.8. The lowest BCUT2D eigenvalue weighted by Gasteiger charge is -2.17. The molecule has 0 aliphatic heterocycles. The van der Waals surface area contributed by atoms with Crippen molar-refractivity contribution >= 4 is 22.8 Å². The third-order valence-corrected chi connectivity index (χ3v) is 6.72. The highest BCUT2D eigenvalue weighted by atomic mass is 16.4. The third-order valence-electron chi connectivity index (χ3n) is 6.72. The molecule has 37 heavy (non-hydrogen) atoms. The van der Waals surface area contributed by atoms with Crippen molar-refractivity contribution in [3.05, 3.63) is 132 Å². The van der Waals surface area contributed by atoms with Gasteiger partial charge in [0.2, 0.25) is 0 Å². The minimum Gasteiger partial charge on any atom is -0.478 e. The second-order valence-electron chi connectivity index (χ2n) is 9.11. The molecule has 4 aromatic carbocycles. The van der Waals surface area contributed by atoms with E-state index in [0.717, 1.165) is 34.0 Å². The molecule has 5 aromatic rings. The van der Waals surface area contributed by atoms with Gasteiger partial charge in [0.05, 0.1) is 11.6 Å². The molecule has 0 radical (unpaired) electrons. The summed E-state index contributed by atoms with van der Waals surface area (Å²) < 4.78 is 2.15. The second-order valence-corrected chi connectivity index (χ2v) is 9.11. The van der Waals surface area contributed by atoms with Crippen molar-refractivity contribution in [3.63, 3.8) is 0 Å². The minimum atomic E-state index is -0.934. The van der Waals surface area contributed by atoms with Crippen LogP contribution < -0.4 is 5.32 Å². The zero-order valence-electron chi connectivity index (χ0n) is 20.6. The molecule has 0 fully saturated rings. The Labute approximate surface area is 216 Å². The van der Waals surface area contributed by atoms with Gasteiger partial charge in [-0.1, -0.05) is 79.7 Å². The highest BCUT2D eigenvalue weighted by molar-refractivity contribution is 5.98. The van der Waals surface area contributed by atoms with Gasteiger partial charge in [-0.2, -0.15) is 0 Å². The number of rotatable bonds is 8. The van der Waals surface area contributed by atoms with Crippen LogP contribution >= 0.6 is 0 Å². The average Bonchev–Trinajstić information content (AvgIpc) is 3.34. The number of nitrogens with zero attached hydrogens (tertiary/aromatic N) is 1. The molecule has 0 saturated heterocycles. The number of hydrogen-bond acceptors (Lipinski definition) is 2. The van der Waals surface area contributed by atoms with Crippen LogP contribution in [-0.2, 0) is 6.54 Å². The van der Waals surface area contributed by atoms with Gasteiger partial charge in [0, 0.05) is 29.2 Å². The smallest absolute Gasteiger partial charge is 0.336 e. The predicted molar refractivity (Wildman–Crippen MR) is 147 cm³/mol. The first-order chi connectivity index (χ1) is 18.0. The molecule has 5 nitrogen and oxygen atoms in total. The quantitative estimate of drug-likeness (QED) is 0.249. The van der Waals surface area contributed by atoms with Crippen LogP contribution in [0.15, 0.2) is 109 Å². The van der Waals surface area contributed by atoms with Crippen LogP contribution in [0.5, 0.6) is 0 Å². The van der Waals surface area contributed by atoms with Crippen molar-refractivity contribution in [2.75, 3.05) is 0 Å². The maximum atomic E-state index is 13.0. The van der Waals surface area contributed by atoms with Gasteiger partial charge in [-0.3, -0.25) is 4.79 Å². The molecule has 0 saturated carbocycles. The Morgan fingerprint density at radius 3 is 2.32 bits per heavy atom. The molecule has 0 aliphatic carbocycles. The molecular weight excluding hydrogens is 460 g/mol. The maximum Gasteiger partial charge on any atom is 0.336 e. The van der Waals surface area contributed by atoms with Gasteiger partial charge in [-0.05, 0) is 59.0 Å². The summed E-state index contributed by atoms with van der Waals surface area (Å²) in [5, 5.41) is 13.7. The van der Waals surface area contributed by atoms with E-state index >= 15 is 0 Å². The van der Waals surface area contributed by atoms with Gasteiger partial charge in [0.25, 0.3) is 5.91 Å². The predicted octanol–water partition coefficient (Wildman–Crippen LogP) is 6.94. The third kappa shape index (κ3) is 5.16. The summed E-state index contributed by atoms with van der Waals surface area (Å²) in [5.41, 5.74) is 5.76. The Balaban J connectivity index is 1.32. The normalized spacial score (nSPS) is 11.8. The monoisotopic (exact) mass is 488 g/mol. The molecule has 184 valence electrons. The molecule has 5 rings (SSSR count). The Morgan fingerprint density at radius 2 is 1.59 bits per heavy atom. The number of amides is 1. The van der Waals surface area contributed by atoms with Crippen molar-refractivity contribution in [1.29, 1.82) is 0 Å². The number of aromatic carboxylic acids is 1. The zero-order valence-corrected chi connectivity index (χ0v) is 20.6.